The van der Waals surface area contributed by atoms with Crippen LogP contribution in [0.1, 0.15) is 0 Å². The van der Waals surface area contributed by atoms with Crippen LogP contribution in [0.3, 0.4) is 0 Å². The van der Waals surface area contributed by atoms with E-state index in [2.05, 4.69) is 10.0 Å². The van der Waals surface area contributed by atoms with Gasteiger partial charge in [0.25, 0.3) is 0 Å². The van der Waals surface area contributed by atoms with Gasteiger partial charge in [-0.15, -0.1) is 0 Å². The van der Waals surface area contributed by atoms with Crippen molar-refractivity contribution in [2.45, 2.75) is 12.2 Å². The fourth-order valence-corrected chi connectivity index (χ4v) is 1.08. The van der Waals surface area contributed by atoms with Gasteiger partial charge in [0.05, 0.1) is 12.6 Å². The highest BCUT2D eigenvalue weighted by molar-refractivity contribution is 5.65. The molecule has 0 radical (unpaired) electrons. The van der Waals surface area contributed by atoms with E-state index in [0.29, 0.717) is 0 Å². The average molecular weight is 174 g/mol. The SMILES string of the molecule is [N-]=[N+]=NC1CN(C(=O)O)CC1F. The molecule has 1 rings (SSSR count). The fourth-order valence-electron chi connectivity index (χ4n) is 1.08. The Bertz CT molecular complexity index is 240. The number of rotatable bonds is 1. The molecule has 1 amide bonds. The zero-order valence-electron chi connectivity index (χ0n) is 6.09. The van der Waals surface area contributed by atoms with Gasteiger partial charge in [0.1, 0.15) is 6.17 Å². The maximum atomic E-state index is 12.8. The summed E-state index contributed by atoms with van der Waals surface area (Å²) in [7, 11) is 0. The number of alkyl halides is 1. The zero-order valence-corrected chi connectivity index (χ0v) is 6.09. The molecule has 0 saturated carbocycles. The molecule has 6 nitrogen and oxygen atoms in total. The highest BCUT2D eigenvalue weighted by Crippen LogP contribution is 2.16. The van der Waals surface area contributed by atoms with Crippen LogP contribution in [-0.4, -0.2) is 41.4 Å². The molecule has 66 valence electrons. The summed E-state index contributed by atoms with van der Waals surface area (Å²) in [4.78, 5) is 13.6. The first-order chi connectivity index (χ1) is 5.65. The third-order valence-corrected chi connectivity index (χ3v) is 1.69. The third kappa shape index (κ3) is 1.57. The van der Waals surface area contributed by atoms with Crippen LogP contribution in [0.15, 0.2) is 5.11 Å². The summed E-state index contributed by atoms with van der Waals surface area (Å²) in [6, 6.07) is -0.869. The first kappa shape index (κ1) is 8.61. The number of amides is 1. The van der Waals surface area contributed by atoms with E-state index in [-0.39, 0.29) is 13.1 Å². The highest BCUT2D eigenvalue weighted by atomic mass is 19.1. The Balaban J connectivity index is 2.61. The first-order valence-electron chi connectivity index (χ1n) is 3.31. The van der Waals surface area contributed by atoms with Gasteiger partial charge in [0.15, 0.2) is 0 Å². The molecule has 2 unspecified atom stereocenters. The van der Waals surface area contributed by atoms with Gasteiger partial charge in [0.2, 0.25) is 0 Å². The van der Waals surface area contributed by atoms with Gasteiger partial charge < -0.3 is 10.0 Å². The molecule has 1 aliphatic heterocycles. The van der Waals surface area contributed by atoms with Crippen LogP contribution in [0.5, 0.6) is 0 Å². The van der Waals surface area contributed by atoms with Gasteiger partial charge in [-0.05, 0) is 5.53 Å². The Kier molecular flexibility index (Phi) is 2.35. The third-order valence-electron chi connectivity index (χ3n) is 1.69. The Labute approximate surface area is 67.2 Å². The van der Waals surface area contributed by atoms with Crippen LogP contribution in [0.2, 0.25) is 0 Å². The molecule has 1 aliphatic rings. The van der Waals surface area contributed by atoms with Crippen molar-refractivity contribution < 1.29 is 14.3 Å². The number of carboxylic acid groups (broad SMARTS) is 1. The van der Waals surface area contributed by atoms with Gasteiger partial charge in [-0.1, -0.05) is 5.11 Å². The minimum absolute atomic E-state index is 0.0550. The summed E-state index contributed by atoms with van der Waals surface area (Å²) >= 11 is 0. The van der Waals surface area contributed by atoms with E-state index in [1.807, 2.05) is 0 Å². The molecule has 0 aromatic carbocycles. The van der Waals surface area contributed by atoms with Crippen molar-refractivity contribution in [3.05, 3.63) is 10.4 Å². The maximum Gasteiger partial charge on any atom is 0.407 e. The summed E-state index contributed by atoms with van der Waals surface area (Å²) in [5, 5.41) is 11.6. The second-order valence-corrected chi connectivity index (χ2v) is 2.48. The first-order valence-corrected chi connectivity index (χ1v) is 3.31. The molecule has 0 aliphatic carbocycles. The van der Waals surface area contributed by atoms with E-state index in [0.717, 1.165) is 4.90 Å². The molecule has 0 spiro atoms. The average Bonchev–Trinajstić information content (AvgIpc) is 2.34. The lowest BCUT2D eigenvalue weighted by atomic mass is 10.2. The summed E-state index contributed by atoms with van der Waals surface area (Å²) in [5.74, 6) is 0. The Morgan fingerprint density at radius 2 is 2.42 bits per heavy atom. The van der Waals surface area contributed by atoms with E-state index in [9.17, 15) is 9.18 Å². The Morgan fingerprint density at radius 1 is 1.75 bits per heavy atom. The van der Waals surface area contributed by atoms with Crippen molar-refractivity contribution in [3.63, 3.8) is 0 Å². The largest absolute Gasteiger partial charge is 0.465 e. The minimum Gasteiger partial charge on any atom is -0.465 e. The quantitative estimate of drug-likeness (QED) is 0.365. The monoisotopic (exact) mass is 174 g/mol. The molecule has 0 aromatic heterocycles. The van der Waals surface area contributed by atoms with Crippen LogP contribution >= 0.6 is 0 Å². The lowest BCUT2D eigenvalue weighted by Crippen LogP contribution is -2.27. The van der Waals surface area contributed by atoms with Crippen molar-refractivity contribution in [3.8, 4) is 0 Å². The van der Waals surface area contributed by atoms with Crippen LogP contribution in [0, 0.1) is 0 Å². The van der Waals surface area contributed by atoms with Gasteiger partial charge in [-0.25, -0.2) is 9.18 Å². The molecule has 0 bridgehead atoms. The van der Waals surface area contributed by atoms with E-state index >= 15 is 0 Å². The van der Waals surface area contributed by atoms with Crippen LogP contribution in [0.4, 0.5) is 9.18 Å². The number of hydrogen-bond acceptors (Lipinski definition) is 2. The van der Waals surface area contributed by atoms with E-state index in [1.54, 1.807) is 0 Å². The lowest BCUT2D eigenvalue weighted by molar-refractivity contribution is 0.152. The fraction of sp³-hybridized carbons (Fsp3) is 0.800. The number of carbonyl (C=O) groups is 1. The Morgan fingerprint density at radius 3 is 2.83 bits per heavy atom. The van der Waals surface area contributed by atoms with Crippen molar-refractivity contribution >= 4 is 6.09 Å². The molecule has 1 fully saturated rings. The molecule has 12 heavy (non-hydrogen) atoms. The number of nitrogens with zero attached hydrogens (tertiary/aromatic N) is 4. The number of hydrogen-bond donors (Lipinski definition) is 1. The molecular weight excluding hydrogens is 167 g/mol. The molecular formula is C5H7FN4O2. The van der Waals surface area contributed by atoms with Crippen molar-refractivity contribution in [2.75, 3.05) is 13.1 Å². The smallest absolute Gasteiger partial charge is 0.407 e. The summed E-state index contributed by atoms with van der Waals surface area (Å²) in [6.07, 6.45) is -2.56. The topological polar surface area (TPSA) is 89.3 Å². The molecule has 0 aromatic rings. The number of azide groups is 1. The number of halogens is 1. The van der Waals surface area contributed by atoms with Gasteiger partial charge >= 0.3 is 6.09 Å². The van der Waals surface area contributed by atoms with Crippen molar-refractivity contribution in [1.82, 2.24) is 4.90 Å². The molecule has 2 atom stereocenters. The molecule has 7 heteroatoms. The van der Waals surface area contributed by atoms with E-state index in [4.69, 9.17) is 10.6 Å². The molecule has 1 N–H and O–H groups in total. The Hall–Kier alpha value is -1.49. The van der Waals surface area contributed by atoms with Crippen LogP contribution in [-0.2, 0) is 0 Å². The molecule has 1 heterocycles. The van der Waals surface area contributed by atoms with Gasteiger partial charge in [0, 0.05) is 11.5 Å². The van der Waals surface area contributed by atoms with Gasteiger partial charge in [-0.3, -0.25) is 0 Å². The molecule has 1 saturated heterocycles. The maximum absolute atomic E-state index is 12.8. The predicted molar refractivity (Wildman–Crippen MR) is 37.4 cm³/mol. The second-order valence-electron chi connectivity index (χ2n) is 2.48. The highest BCUT2D eigenvalue weighted by Gasteiger charge is 2.34. The summed E-state index contributed by atoms with van der Waals surface area (Å²) in [6.45, 7) is -0.264. The lowest BCUT2D eigenvalue weighted by Gasteiger charge is -2.08. The predicted octanol–water partition coefficient (Wildman–Crippen LogP) is 0.997. The van der Waals surface area contributed by atoms with Crippen LogP contribution in [0.25, 0.3) is 10.4 Å². The minimum atomic E-state index is -1.38. The van der Waals surface area contributed by atoms with Crippen LogP contribution < -0.4 is 0 Å². The van der Waals surface area contributed by atoms with Crippen molar-refractivity contribution in [1.29, 1.82) is 0 Å². The van der Waals surface area contributed by atoms with E-state index < -0.39 is 18.3 Å². The standard InChI is InChI=1S/C5H7FN4O2/c6-3-1-10(5(11)12)2-4(3)8-9-7/h3-4H,1-2H2,(H,11,12). The van der Waals surface area contributed by atoms with E-state index in [1.165, 1.54) is 0 Å². The summed E-state index contributed by atoms with van der Waals surface area (Å²) < 4.78 is 12.8. The van der Waals surface area contributed by atoms with Crippen molar-refractivity contribution in [2.24, 2.45) is 5.11 Å². The zero-order chi connectivity index (χ0) is 9.14. The van der Waals surface area contributed by atoms with Gasteiger partial charge in [-0.2, -0.15) is 0 Å². The summed E-state index contributed by atoms with van der Waals surface area (Å²) in [5.41, 5.74) is 8.00. The number of likely N-dealkylation sites (tertiary alicyclic amines) is 1. The normalized spacial score (nSPS) is 28.2. The second kappa shape index (κ2) is 3.27.